The van der Waals surface area contributed by atoms with Crippen LogP contribution in [-0.2, 0) is 27.9 Å². The highest BCUT2D eigenvalue weighted by molar-refractivity contribution is 7.84. The molecule has 0 spiro atoms. The maximum atomic E-state index is 12.4. The molecular formula is C21H21ClN2O3S. The smallest absolute Gasteiger partial charge is 0.232 e. The topological polar surface area (TPSA) is 72.2 Å². The molecule has 0 aliphatic rings. The Hall–Kier alpha value is -2.44. The maximum absolute atomic E-state index is 12.4. The number of benzene rings is 2. The Bertz CT molecular complexity index is 1020. The molecule has 0 aliphatic heterocycles. The molecule has 0 bridgehead atoms. The van der Waals surface area contributed by atoms with E-state index in [4.69, 9.17) is 16.0 Å². The molecule has 28 heavy (non-hydrogen) atoms. The Morgan fingerprint density at radius 3 is 2.71 bits per heavy atom. The van der Waals surface area contributed by atoms with Crippen LogP contribution >= 0.6 is 11.6 Å². The number of aryl methyl sites for hydroxylation is 2. The lowest BCUT2D eigenvalue weighted by atomic mass is 10.1. The molecule has 0 radical (unpaired) electrons. The van der Waals surface area contributed by atoms with Crippen molar-refractivity contribution >= 4 is 28.3 Å². The molecule has 146 valence electrons. The van der Waals surface area contributed by atoms with Gasteiger partial charge in [0.05, 0.1) is 11.4 Å². The average molecular weight is 417 g/mol. The van der Waals surface area contributed by atoms with Crippen LogP contribution in [0.4, 0.5) is 0 Å². The molecule has 3 aromatic rings. The number of nitrogens with zero attached hydrogens (tertiary/aromatic N) is 1. The van der Waals surface area contributed by atoms with Gasteiger partial charge in [0, 0.05) is 27.9 Å². The number of rotatable bonds is 7. The van der Waals surface area contributed by atoms with E-state index in [-0.39, 0.29) is 17.4 Å². The van der Waals surface area contributed by atoms with Crippen molar-refractivity contribution in [3.63, 3.8) is 0 Å². The number of carbonyl (C=O) groups excluding carboxylic acids is 1. The Balaban J connectivity index is 1.57. The third kappa shape index (κ3) is 5.30. The molecule has 7 heteroatoms. The fourth-order valence-electron chi connectivity index (χ4n) is 2.70. The SMILES string of the molecule is Cc1cccc(-c2nc(C[S@@](=O)CC(=O)NCc3ccccc3Cl)c(C)o2)c1. The molecule has 1 N–H and O–H groups in total. The maximum Gasteiger partial charge on any atom is 0.232 e. The lowest BCUT2D eigenvalue weighted by Crippen LogP contribution is -2.28. The molecule has 1 atom stereocenters. The molecule has 1 aromatic heterocycles. The van der Waals surface area contributed by atoms with Gasteiger partial charge in [0.15, 0.2) is 0 Å². The second kappa shape index (κ2) is 9.17. The van der Waals surface area contributed by atoms with E-state index in [0.29, 0.717) is 28.9 Å². The normalized spacial score (nSPS) is 12.0. The molecule has 0 saturated heterocycles. The minimum absolute atomic E-state index is 0.101. The van der Waals surface area contributed by atoms with E-state index >= 15 is 0 Å². The predicted molar refractivity (Wildman–Crippen MR) is 111 cm³/mol. The predicted octanol–water partition coefficient (Wildman–Crippen LogP) is 4.18. The molecule has 0 fully saturated rings. The van der Waals surface area contributed by atoms with E-state index in [1.807, 2.05) is 49.4 Å². The van der Waals surface area contributed by atoms with Gasteiger partial charge >= 0.3 is 0 Å². The highest BCUT2D eigenvalue weighted by atomic mass is 35.5. The van der Waals surface area contributed by atoms with Crippen LogP contribution < -0.4 is 5.32 Å². The molecule has 3 rings (SSSR count). The number of aromatic nitrogens is 1. The second-order valence-electron chi connectivity index (χ2n) is 6.49. The third-order valence-electron chi connectivity index (χ3n) is 4.18. The van der Waals surface area contributed by atoms with E-state index in [1.54, 1.807) is 13.0 Å². The van der Waals surface area contributed by atoms with Gasteiger partial charge in [-0.2, -0.15) is 0 Å². The minimum Gasteiger partial charge on any atom is -0.441 e. The summed E-state index contributed by atoms with van der Waals surface area (Å²) in [6.45, 7) is 4.09. The van der Waals surface area contributed by atoms with Crippen LogP contribution in [0.25, 0.3) is 11.5 Å². The van der Waals surface area contributed by atoms with Crippen molar-refractivity contribution in [2.45, 2.75) is 26.1 Å². The van der Waals surface area contributed by atoms with Gasteiger partial charge in [-0.1, -0.05) is 47.5 Å². The molecule has 5 nitrogen and oxygen atoms in total. The van der Waals surface area contributed by atoms with Gasteiger partial charge in [-0.05, 0) is 37.6 Å². The van der Waals surface area contributed by atoms with Crippen LogP contribution in [-0.4, -0.2) is 20.9 Å². The first-order valence-corrected chi connectivity index (χ1v) is 10.7. The number of amides is 1. The van der Waals surface area contributed by atoms with Crippen LogP contribution in [0.2, 0.25) is 5.02 Å². The summed E-state index contributed by atoms with van der Waals surface area (Å²) < 4.78 is 18.1. The van der Waals surface area contributed by atoms with Gasteiger partial charge in [-0.3, -0.25) is 9.00 Å². The van der Waals surface area contributed by atoms with Gasteiger partial charge in [-0.25, -0.2) is 4.98 Å². The van der Waals surface area contributed by atoms with Gasteiger partial charge < -0.3 is 9.73 Å². The fraction of sp³-hybridized carbons (Fsp3) is 0.238. The number of carbonyl (C=O) groups is 1. The molecule has 1 amide bonds. The standard InChI is InChI=1S/C21H21ClN2O3S/c1-14-6-5-8-16(10-14)21-24-19(15(2)27-21)12-28(26)13-20(25)23-11-17-7-3-4-9-18(17)22/h3-10H,11-13H2,1-2H3,(H,23,25)/t28-/m1/s1. The number of halogens is 1. The Morgan fingerprint density at radius 1 is 1.18 bits per heavy atom. The van der Waals surface area contributed by atoms with Gasteiger partial charge in [-0.15, -0.1) is 0 Å². The first-order valence-electron chi connectivity index (χ1n) is 8.81. The highest BCUT2D eigenvalue weighted by Gasteiger charge is 2.16. The third-order valence-corrected chi connectivity index (χ3v) is 5.73. The van der Waals surface area contributed by atoms with Crippen molar-refractivity contribution in [2.24, 2.45) is 0 Å². The zero-order chi connectivity index (χ0) is 20.1. The zero-order valence-corrected chi connectivity index (χ0v) is 17.3. The molecular weight excluding hydrogens is 396 g/mol. The lowest BCUT2D eigenvalue weighted by molar-refractivity contribution is -0.118. The summed E-state index contributed by atoms with van der Waals surface area (Å²) in [4.78, 5) is 16.6. The fourth-order valence-corrected chi connectivity index (χ4v) is 3.97. The van der Waals surface area contributed by atoms with E-state index in [9.17, 15) is 9.00 Å². The van der Waals surface area contributed by atoms with Gasteiger partial charge in [0.1, 0.15) is 11.5 Å². The summed E-state index contributed by atoms with van der Waals surface area (Å²) in [5.74, 6) is 0.882. The van der Waals surface area contributed by atoms with Crippen LogP contribution in [0, 0.1) is 13.8 Å². The first-order chi connectivity index (χ1) is 13.4. The number of hydrogen-bond acceptors (Lipinski definition) is 4. The largest absolute Gasteiger partial charge is 0.441 e. The van der Waals surface area contributed by atoms with E-state index in [1.165, 1.54) is 0 Å². The highest BCUT2D eigenvalue weighted by Crippen LogP contribution is 2.23. The number of oxazole rings is 1. The van der Waals surface area contributed by atoms with Crippen LogP contribution in [0.15, 0.2) is 52.9 Å². The Morgan fingerprint density at radius 2 is 1.96 bits per heavy atom. The molecule has 1 heterocycles. The molecule has 0 unspecified atom stereocenters. The van der Waals surface area contributed by atoms with Crippen molar-refractivity contribution in [2.75, 3.05) is 5.75 Å². The summed E-state index contributed by atoms with van der Waals surface area (Å²) in [6, 6.07) is 15.1. The zero-order valence-electron chi connectivity index (χ0n) is 15.7. The monoisotopic (exact) mass is 416 g/mol. The second-order valence-corrected chi connectivity index (χ2v) is 8.35. The van der Waals surface area contributed by atoms with Crippen LogP contribution in [0.5, 0.6) is 0 Å². The molecule has 0 saturated carbocycles. The summed E-state index contributed by atoms with van der Waals surface area (Å²) >= 11 is 6.07. The minimum atomic E-state index is -1.39. The van der Waals surface area contributed by atoms with Crippen molar-refractivity contribution in [3.05, 3.63) is 76.1 Å². The quantitative estimate of drug-likeness (QED) is 0.627. The summed E-state index contributed by atoms with van der Waals surface area (Å²) in [7, 11) is -1.39. The van der Waals surface area contributed by atoms with Crippen LogP contribution in [0.3, 0.4) is 0 Å². The summed E-state index contributed by atoms with van der Waals surface area (Å²) in [5.41, 5.74) is 3.40. The molecule has 0 aliphatic carbocycles. The van der Waals surface area contributed by atoms with E-state index in [2.05, 4.69) is 10.3 Å². The van der Waals surface area contributed by atoms with Crippen molar-refractivity contribution in [3.8, 4) is 11.5 Å². The lowest BCUT2D eigenvalue weighted by Gasteiger charge is -2.06. The Labute approximate surface area is 171 Å². The van der Waals surface area contributed by atoms with Gasteiger partial charge in [0.25, 0.3) is 0 Å². The van der Waals surface area contributed by atoms with E-state index < -0.39 is 10.8 Å². The summed E-state index contributed by atoms with van der Waals surface area (Å²) in [6.07, 6.45) is 0. The van der Waals surface area contributed by atoms with E-state index in [0.717, 1.165) is 16.7 Å². The number of nitrogens with one attached hydrogen (secondary N) is 1. The number of hydrogen-bond donors (Lipinski definition) is 1. The Kier molecular flexibility index (Phi) is 6.65. The summed E-state index contributed by atoms with van der Waals surface area (Å²) in [5, 5.41) is 3.34. The van der Waals surface area contributed by atoms with Gasteiger partial charge in [0.2, 0.25) is 11.8 Å². The first kappa shape index (κ1) is 20.3. The van der Waals surface area contributed by atoms with Crippen LogP contribution in [0.1, 0.15) is 22.6 Å². The van der Waals surface area contributed by atoms with Crippen molar-refractivity contribution in [1.82, 2.24) is 10.3 Å². The molecule has 2 aromatic carbocycles. The average Bonchev–Trinajstić information content (AvgIpc) is 3.01. The van der Waals surface area contributed by atoms with Crippen molar-refractivity contribution in [1.29, 1.82) is 0 Å². The van der Waals surface area contributed by atoms with Crippen molar-refractivity contribution < 1.29 is 13.4 Å².